The normalized spacial score (nSPS) is 12.2. The largest absolute Gasteiger partial charge is 0.369 e. The van der Waals surface area contributed by atoms with Gasteiger partial charge < -0.3 is 21.4 Å². The topological polar surface area (TPSA) is 117 Å². The second-order valence-corrected chi connectivity index (χ2v) is 6.30. The lowest BCUT2D eigenvalue weighted by molar-refractivity contribution is -0.117. The summed E-state index contributed by atoms with van der Waals surface area (Å²) >= 11 is 0. The van der Waals surface area contributed by atoms with Gasteiger partial charge in [0.1, 0.15) is 0 Å². The zero-order valence-electron chi connectivity index (χ0n) is 14.2. The fraction of sp³-hybridized carbons (Fsp3) is 0.0500. The minimum absolute atomic E-state index is 0.100. The van der Waals surface area contributed by atoms with Crippen LogP contribution in [0.5, 0.6) is 0 Å². The minimum atomic E-state index is -0.436. The first-order chi connectivity index (χ1) is 13.0. The molecule has 1 aliphatic heterocycles. The van der Waals surface area contributed by atoms with Gasteiger partial charge in [0.15, 0.2) is 0 Å². The fourth-order valence-electron chi connectivity index (χ4n) is 3.10. The van der Waals surface area contributed by atoms with E-state index in [4.69, 9.17) is 5.73 Å². The van der Waals surface area contributed by atoms with Gasteiger partial charge in [0.05, 0.1) is 29.0 Å². The van der Waals surface area contributed by atoms with Gasteiger partial charge in [-0.25, -0.2) is 0 Å². The smallest absolute Gasteiger partial charge is 0.257 e. The van der Waals surface area contributed by atoms with Gasteiger partial charge in [0.25, 0.3) is 5.91 Å². The number of hydrogen-bond donors (Lipinski definition) is 4. The number of fused-ring (bicyclic) bond motifs is 2. The predicted octanol–water partition coefficient (Wildman–Crippen LogP) is 2.38. The number of hydrogen-bond acceptors (Lipinski definition) is 4. The molecule has 3 aromatic rings. The number of carbonyl (C=O) groups is 2. The highest BCUT2D eigenvalue weighted by molar-refractivity contribution is 6.12. The van der Waals surface area contributed by atoms with Crippen LogP contribution in [0.15, 0.2) is 59.5 Å². The maximum atomic E-state index is 12.6. The second kappa shape index (κ2) is 6.45. The second-order valence-electron chi connectivity index (χ2n) is 6.30. The summed E-state index contributed by atoms with van der Waals surface area (Å²) in [6, 6.07) is 13.9. The van der Waals surface area contributed by atoms with Crippen molar-refractivity contribution in [2.75, 3.05) is 10.6 Å². The highest BCUT2D eigenvalue weighted by Gasteiger charge is 2.20. The number of H-pyrrole nitrogens is 1. The van der Waals surface area contributed by atoms with E-state index in [2.05, 4.69) is 15.6 Å². The average molecular weight is 360 g/mol. The Kier molecular flexibility index (Phi) is 3.97. The molecule has 0 fully saturated rings. The van der Waals surface area contributed by atoms with Crippen LogP contribution in [0.3, 0.4) is 0 Å². The van der Waals surface area contributed by atoms with Crippen LogP contribution in [-0.2, 0) is 11.2 Å². The van der Waals surface area contributed by atoms with Gasteiger partial charge in [-0.2, -0.15) is 0 Å². The van der Waals surface area contributed by atoms with E-state index >= 15 is 0 Å². The van der Waals surface area contributed by atoms with Gasteiger partial charge >= 0.3 is 0 Å². The molecule has 1 aliphatic rings. The molecule has 0 saturated heterocycles. The molecule has 0 saturated carbocycles. The Morgan fingerprint density at radius 2 is 1.67 bits per heavy atom. The van der Waals surface area contributed by atoms with Crippen LogP contribution in [0.2, 0.25) is 0 Å². The van der Waals surface area contributed by atoms with Gasteiger partial charge in [-0.3, -0.25) is 14.4 Å². The molecule has 4 rings (SSSR count). The summed E-state index contributed by atoms with van der Waals surface area (Å²) in [7, 11) is 0. The number of benzene rings is 2. The number of aromatic nitrogens is 1. The number of nitrogens with two attached hydrogens (primary N) is 1. The maximum absolute atomic E-state index is 12.6. The van der Waals surface area contributed by atoms with E-state index < -0.39 is 5.91 Å². The van der Waals surface area contributed by atoms with E-state index in [9.17, 15) is 14.4 Å². The van der Waals surface area contributed by atoms with Crippen molar-refractivity contribution in [2.24, 2.45) is 5.73 Å². The van der Waals surface area contributed by atoms with E-state index in [1.807, 2.05) is 6.07 Å². The third-order valence-electron chi connectivity index (χ3n) is 4.35. The third kappa shape index (κ3) is 3.30. The first kappa shape index (κ1) is 16.6. The molecule has 0 atom stereocenters. The zero-order valence-corrected chi connectivity index (χ0v) is 14.2. The van der Waals surface area contributed by atoms with Crippen LogP contribution >= 0.6 is 0 Å². The van der Waals surface area contributed by atoms with Crippen LogP contribution in [0.4, 0.5) is 17.1 Å². The third-order valence-corrected chi connectivity index (χ3v) is 4.35. The van der Waals surface area contributed by atoms with E-state index in [0.717, 1.165) is 16.7 Å². The van der Waals surface area contributed by atoms with E-state index in [1.165, 1.54) is 6.07 Å². The Bertz CT molecular complexity index is 1130. The van der Waals surface area contributed by atoms with Crippen LogP contribution < -0.4 is 21.9 Å². The molecule has 0 unspecified atom stereocenters. The Labute approximate surface area is 154 Å². The standard InChI is InChI=1S/C20H16N4O3/c21-18(25)8-11-1-4-15-17(7-11)24-20(27)14-3-2-12(9-16(14)23-15)13-5-6-22-19(26)10-13/h1-7,9-10,23H,8H2,(H2,21,25)(H,22,26)(H,24,27). The Hall–Kier alpha value is -3.87. The van der Waals surface area contributed by atoms with Crippen molar-refractivity contribution in [3.8, 4) is 11.1 Å². The lowest BCUT2D eigenvalue weighted by Crippen LogP contribution is -2.14. The summed E-state index contributed by atoms with van der Waals surface area (Å²) in [4.78, 5) is 37.9. The average Bonchev–Trinajstić information content (AvgIpc) is 2.76. The summed E-state index contributed by atoms with van der Waals surface area (Å²) in [6.45, 7) is 0. The number of nitrogens with one attached hydrogen (secondary N) is 3. The van der Waals surface area contributed by atoms with Crippen LogP contribution in [0, 0.1) is 0 Å². The first-order valence-corrected chi connectivity index (χ1v) is 8.32. The van der Waals surface area contributed by atoms with Crippen LogP contribution in [-0.4, -0.2) is 16.8 Å². The lowest BCUT2D eigenvalue weighted by atomic mass is 10.0. The predicted molar refractivity (Wildman–Crippen MR) is 103 cm³/mol. The number of amides is 2. The molecule has 2 amide bonds. The molecule has 134 valence electrons. The highest BCUT2D eigenvalue weighted by atomic mass is 16.2. The molecule has 1 aromatic heterocycles. The number of anilines is 3. The van der Waals surface area contributed by atoms with Crippen LogP contribution in [0.1, 0.15) is 15.9 Å². The Morgan fingerprint density at radius 3 is 2.44 bits per heavy atom. The summed E-state index contributed by atoms with van der Waals surface area (Å²) in [5.41, 5.74) is 9.74. The van der Waals surface area contributed by atoms with E-state index in [1.54, 1.807) is 42.6 Å². The molecule has 0 bridgehead atoms. The molecule has 2 aromatic carbocycles. The molecule has 0 radical (unpaired) electrons. The fourth-order valence-corrected chi connectivity index (χ4v) is 3.10. The molecule has 27 heavy (non-hydrogen) atoms. The molecule has 0 spiro atoms. The van der Waals surface area contributed by atoms with Crippen molar-refractivity contribution < 1.29 is 9.59 Å². The lowest BCUT2D eigenvalue weighted by Gasteiger charge is -2.11. The Balaban J connectivity index is 1.75. The number of aromatic amines is 1. The maximum Gasteiger partial charge on any atom is 0.257 e. The summed E-state index contributed by atoms with van der Waals surface area (Å²) in [5.74, 6) is -0.696. The SMILES string of the molecule is NC(=O)Cc1ccc2c(c1)NC(=O)c1ccc(-c3cc[nH]c(=O)c3)cc1N2. The van der Waals surface area contributed by atoms with Gasteiger partial charge in [-0.1, -0.05) is 12.1 Å². The molecule has 0 aliphatic carbocycles. The van der Waals surface area contributed by atoms with Gasteiger partial charge in [-0.05, 0) is 47.0 Å². The monoisotopic (exact) mass is 360 g/mol. The molecule has 2 heterocycles. The molecular formula is C20H16N4O3. The van der Waals surface area contributed by atoms with Crippen molar-refractivity contribution in [1.29, 1.82) is 0 Å². The summed E-state index contributed by atoms with van der Waals surface area (Å²) in [5, 5.41) is 6.11. The quantitative estimate of drug-likeness (QED) is 0.573. The minimum Gasteiger partial charge on any atom is -0.369 e. The van der Waals surface area contributed by atoms with Crippen molar-refractivity contribution in [3.05, 3.63) is 76.2 Å². The van der Waals surface area contributed by atoms with Gasteiger partial charge in [0.2, 0.25) is 11.5 Å². The molecule has 7 heteroatoms. The van der Waals surface area contributed by atoms with E-state index in [-0.39, 0.29) is 17.9 Å². The van der Waals surface area contributed by atoms with Gasteiger partial charge in [-0.15, -0.1) is 0 Å². The molecular weight excluding hydrogens is 344 g/mol. The highest BCUT2D eigenvalue weighted by Crippen LogP contribution is 2.34. The van der Waals surface area contributed by atoms with Crippen molar-refractivity contribution in [3.63, 3.8) is 0 Å². The number of carbonyl (C=O) groups excluding carboxylic acids is 2. The number of rotatable bonds is 3. The number of primary amides is 1. The van der Waals surface area contributed by atoms with Crippen molar-refractivity contribution in [2.45, 2.75) is 6.42 Å². The summed E-state index contributed by atoms with van der Waals surface area (Å²) < 4.78 is 0. The van der Waals surface area contributed by atoms with Crippen molar-refractivity contribution in [1.82, 2.24) is 4.98 Å². The zero-order chi connectivity index (χ0) is 19.0. The first-order valence-electron chi connectivity index (χ1n) is 8.32. The summed E-state index contributed by atoms with van der Waals surface area (Å²) in [6.07, 6.45) is 1.68. The molecule has 5 N–H and O–H groups in total. The molecule has 7 nitrogen and oxygen atoms in total. The number of pyridine rings is 1. The van der Waals surface area contributed by atoms with Gasteiger partial charge in [0, 0.05) is 12.3 Å². The van der Waals surface area contributed by atoms with E-state index in [0.29, 0.717) is 22.6 Å². The van der Waals surface area contributed by atoms with Crippen LogP contribution in [0.25, 0.3) is 11.1 Å². The van der Waals surface area contributed by atoms with Crippen molar-refractivity contribution >= 4 is 28.9 Å². The Morgan fingerprint density at radius 1 is 0.852 bits per heavy atom.